The van der Waals surface area contributed by atoms with Gasteiger partial charge < -0.3 is 10.0 Å². The van der Waals surface area contributed by atoms with Crippen LogP contribution in [0.4, 0.5) is 15.8 Å². The second-order valence-corrected chi connectivity index (χ2v) is 11.6. The zero-order valence-corrected chi connectivity index (χ0v) is 22.1. The van der Waals surface area contributed by atoms with Gasteiger partial charge in [0.1, 0.15) is 10.7 Å². The third kappa shape index (κ3) is 5.00. The fourth-order valence-electron chi connectivity index (χ4n) is 4.57. The predicted octanol–water partition coefficient (Wildman–Crippen LogP) is 6.24. The molecule has 4 rings (SSSR count). The number of halogens is 1. The van der Waals surface area contributed by atoms with Gasteiger partial charge in [0, 0.05) is 30.2 Å². The Balaban J connectivity index is 1.99. The summed E-state index contributed by atoms with van der Waals surface area (Å²) in [5.41, 5.74) is 2.02. The monoisotopic (exact) mass is 528 g/mol. The lowest BCUT2D eigenvalue weighted by Crippen LogP contribution is -2.40. The highest BCUT2D eigenvalue weighted by Crippen LogP contribution is 2.44. The van der Waals surface area contributed by atoms with Gasteiger partial charge in [-0.05, 0) is 66.3 Å². The molecule has 6 nitrogen and oxygen atoms in total. The first kappa shape index (κ1) is 26.2. The van der Waals surface area contributed by atoms with Crippen LogP contribution < -0.4 is 4.90 Å². The minimum atomic E-state index is -3.90. The van der Waals surface area contributed by atoms with Gasteiger partial charge in [-0.1, -0.05) is 38.0 Å². The van der Waals surface area contributed by atoms with Crippen LogP contribution in [-0.4, -0.2) is 49.7 Å². The first-order valence-corrected chi connectivity index (χ1v) is 14.4. The number of anilines is 2. The largest absolute Gasteiger partial charge is 0.478 e. The maximum atomic E-state index is 14.4. The van der Waals surface area contributed by atoms with E-state index in [4.69, 9.17) is 0 Å². The molecule has 9 heteroatoms. The molecule has 1 atom stereocenters. The van der Waals surface area contributed by atoms with Gasteiger partial charge in [0.2, 0.25) is 10.0 Å². The van der Waals surface area contributed by atoms with Crippen molar-refractivity contribution in [2.24, 2.45) is 0 Å². The van der Waals surface area contributed by atoms with Crippen molar-refractivity contribution >= 4 is 39.1 Å². The minimum absolute atomic E-state index is 0.113. The number of carbonyl (C=O) groups is 1. The lowest BCUT2D eigenvalue weighted by molar-refractivity contribution is 0.0696. The Morgan fingerprint density at radius 1 is 1.14 bits per heavy atom. The van der Waals surface area contributed by atoms with Crippen LogP contribution in [0.15, 0.2) is 70.5 Å². The van der Waals surface area contributed by atoms with E-state index >= 15 is 0 Å². The van der Waals surface area contributed by atoms with E-state index in [-0.39, 0.29) is 16.5 Å². The SMILES string of the molecule is CCCCC1CN(c2ccccc2)c2cc(SC)c(-c3cc(F)cc(C(=O)O)c3)cc2S(=O)(=O)N1C. The first-order valence-electron chi connectivity index (χ1n) is 11.7. The van der Waals surface area contributed by atoms with Gasteiger partial charge in [-0.25, -0.2) is 17.6 Å². The second kappa shape index (κ2) is 10.6. The summed E-state index contributed by atoms with van der Waals surface area (Å²) in [4.78, 5) is 14.4. The summed E-state index contributed by atoms with van der Waals surface area (Å²) >= 11 is 1.40. The van der Waals surface area contributed by atoms with Crippen molar-refractivity contribution in [1.29, 1.82) is 0 Å². The normalized spacial score (nSPS) is 17.4. The van der Waals surface area contributed by atoms with Crippen molar-refractivity contribution in [1.82, 2.24) is 4.31 Å². The Bertz CT molecular complexity index is 1380. The molecule has 0 aromatic heterocycles. The molecule has 0 bridgehead atoms. The first-order chi connectivity index (χ1) is 17.2. The van der Waals surface area contributed by atoms with Gasteiger partial charge in [0.25, 0.3) is 0 Å². The molecule has 1 unspecified atom stereocenters. The fourth-order valence-corrected chi connectivity index (χ4v) is 6.77. The second-order valence-electron chi connectivity index (χ2n) is 8.82. The van der Waals surface area contributed by atoms with E-state index in [1.165, 1.54) is 28.2 Å². The lowest BCUT2D eigenvalue weighted by atomic mass is 10.0. The van der Waals surface area contributed by atoms with Gasteiger partial charge in [-0.3, -0.25) is 0 Å². The molecule has 0 saturated heterocycles. The molecule has 0 spiro atoms. The summed E-state index contributed by atoms with van der Waals surface area (Å²) in [5.74, 6) is -1.95. The van der Waals surface area contributed by atoms with Crippen molar-refractivity contribution < 1.29 is 22.7 Å². The number of benzene rings is 3. The zero-order valence-electron chi connectivity index (χ0n) is 20.4. The number of hydrogen-bond donors (Lipinski definition) is 1. The summed E-state index contributed by atoms with van der Waals surface area (Å²) in [6.45, 7) is 2.57. The van der Waals surface area contributed by atoms with Crippen molar-refractivity contribution in [3.05, 3.63) is 72.0 Å². The topological polar surface area (TPSA) is 77.9 Å². The summed E-state index contributed by atoms with van der Waals surface area (Å²) in [7, 11) is -2.29. The van der Waals surface area contributed by atoms with Crippen LogP contribution in [-0.2, 0) is 10.0 Å². The quantitative estimate of drug-likeness (QED) is 0.366. The number of carboxylic acid groups (broad SMARTS) is 1. The Kier molecular flexibility index (Phi) is 7.73. The Hall–Kier alpha value is -2.88. The van der Waals surface area contributed by atoms with E-state index in [0.29, 0.717) is 23.4 Å². The number of unbranched alkanes of at least 4 members (excludes halogenated alkanes) is 1. The van der Waals surface area contributed by atoms with E-state index in [2.05, 4.69) is 6.92 Å². The molecule has 1 heterocycles. The molecular formula is C27H29FN2O4S2. The number of carboxylic acids is 1. The summed E-state index contributed by atoms with van der Waals surface area (Å²) < 4.78 is 43.7. The smallest absolute Gasteiger partial charge is 0.335 e. The lowest BCUT2D eigenvalue weighted by Gasteiger charge is -2.29. The Morgan fingerprint density at radius 3 is 2.50 bits per heavy atom. The molecule has 1 aliphatic rings. The highest BCUT2D eigenvalue weighted by atomic mass is 32.2. The van der Waals surface area contributed by atoms with Crippen LogP contribution in [0.1, 0.15) is 36.5 Å². The van der Waals surface area contributed by atoms with Crippen LogP contribution >= 0.6 is 11.8 Å². The summed E-state index contributed by atoms with van der Waals surface area (Å²) in [6, 6.07) is 16.4. The van der Waals surface area contributed by atoms with E-state index in [9.17, 15) is 22.7 Å². The molecule has 1 N–H and O–H groups in total. The van der Waals surface area contributed by atoms with Crippen molar-refractivity contribution in [2.75, 3.05) is 24.7 Å². The number of sulfonamides is 1. The van der Waals surface area contributed by atoms with E-state index in [0.717, 1.165) is 35.9 Å². The van der Waals surface area contributed by atoms with E-state index in [1.54, 1.807) is 13.1 Å². The van der Waals surface area contributed by atoms with Gasteiger partial charge in [-0.15, -0.1) is 11.8 Å². The zero-order chi connectivity index (χ0) is 26.0. The molecular weight excluding hydrogens is 499 g/mol. The molecule has 0 aliphatic carbocycles. The van der Waals surface area contributed by atoms with Crippen LogP contribution in [0.5, 0.6) is 0 Å². The summed E-state index contributed by atoms with van der Waals surface area (Å²) in [6.07, 6.45) is 4.43. The van der Waals surface area contributed by atoms with E-state index in [1.807, 2.05) is 47.6 Å². The molecule has 1 aliphatic heterocycles. The average molecular weight is 529 g/mol. The van der Waals surface area contributed by atoms with Gasteiger partial charge >= 0.3 is 5.97 Å². The maximum Gasteiger partial charge on any atom is 0.335 e. The number of aromatic carboxylic acids is 1. The molecule has 36 heavy (non-hydrogen) atoms. The molecule has 0 saturated carbocycles. The Labute approximate surface area is 215 Å². The van der Waals surface area contributed by atoms with Crippen LogP contribution in [0.25, 0.3) is 11.1 Å². The van der Waals surface area contributed by atoms with Gasteiger partial charge in [0.05, 0.1) is 11.3 Å². The molecule has 0 radical (unpaired) electrons. The fraction of sp³-hybridized carbons (Fsp3) is 0.296. The van der Waals surface area contributed by atoms with Crippen molar-refractivity contribution in [2.45, 2.75) is 42.0 Å². The third-order valence-electron chi connectivity index (χ3n) is 6.55. The number of thioether (sulfide) groups is 1. The van der Waals surface area contributed by atoms with Gasteiger partial charge in [-0.2, -0.15) is 4.31 Å². The Morgan fingerprint density at radius 2 is 1.86 bits per heavy atom. The number of hydrogen-bond acceptors (Lipinski definition) is 5. The number of likely N-dealkylation sites (N-methyl/N-ethyl adjacent to an activating group) is 1. The number of rotatable bonds is 7. The predicted molar refractivity (Wildman–Crippen MR) is 142 cm³/mol. The highest BCUT2D eigenvalue weighted by molar-refractivity contribution is 7.98. The number of para-hydroxylation sites is 1. The number of fused-ring (bicyclic) bond motifs is 1. The van der Waals surface area contributed by atoms with Crippen molar-refractivity contribution in [3.63, 3.8) is 0 Å². The molecule has 3 aromatic carbocycles. The molecule has 3 aromatic rings. The maximum absolute atomic E-state index is 14.4. The molecule has 190 valence electrons. The number of nitrogens with zero attached hydrogens (tertiary/aromatic N) is 2. The standard InChI is InChI=1S/C27H29FN2O4S2/c1-4-5-9-22-17-30(21-10-7-6-8-11-21)24-16-25(35-3)23(15-26(24)36(33,34)29(22)2)18-12-19(27(31)32)14-20(28)13-18/h6-8,10-16,22H,4-5,9,17H2,1-3H3,(H,31,32). The van der Waals surface area contributed by atoms with Crippen LogP contribution in [0.2, 0.25) is 0 Å². The minimum Gasteiger partial charge on any atom is -0.478 e. The van der Waals surface area contributed by atoms with Crippen LogP contribution in [0.3, 0.4) is 0 Å². The summed E-state index contributed by atoms with van der Waals surface area (Å²) in [5, 5.41) is 9.43. The molecule has 0 amide bonds. The van der Waals surface area contributed by atoms with E-state index < -0.39 is 21.8 Å². The molecule has 0 fully saturated rings. The van der Waals surface area contributed by atoms with Crippen molar-refractivity contribution in [3.8, 4) is 11.1 Å². The van der Waals surface area contributed by atoms with Crippen LogP contribution in [0, 0.1) is 5.82 Å². The highest BCUT2D eigenvalue weighted by Gasteiger charge is 2.37. The average Bonchev–Trinajstić information content (AvgIpc) is 2.95. The third-order valence-corrected chi connectivity index (χ3v) is 9.27. The van der Waals surface area contributed by atoms with Gasteiger partial charge in [0.15, 0.2) is 0 Å².